The lowest BCUT2D eigenvalue weighted by Gasteiger charge is -2.15. The van der Waals surface area contributed by atoms with Gasteiger partial charge in [-0.2, -0.15) is 4.31 Å². The maximum atomic E-state index is 12.8. The largest absolute Gasteiger partial charge is 0.248 e. The second kappa shape index (κ2) is 5.77. The molecule has 19 heavy (non-hydrogen) atoms. The maximum Gasteiger partial charge on any atom is 0.218 e. The average molecular weight is 300 g/mol. The molecule has 0 saturated carbocycles. The van der Waals surface area contributed by atoms with Crippen LogP contribution in [0.15, 0.2) is 35.8 Å². The van der Waals surface area contributed by atoms with Gasteiger partial charge in [-0.25, -0.2) is 17.8 Å². The molecule has 0 atom stereocenters. The van der Waals surface area contributed by atoms with Crippen molar-refractivity contribution < 1.29 is 12.8 Å². The maximum absolute atomic E-state index is 12.8. The first-order valence-corrected chi connectivity index (χ1v) is 8.03. The van der Waals surface area contributed by atoms with Crippen LogP contribution in [0, 0.1) is 5.82 Å². The molecule has 0 unspecified atom stereocenters. The lowest BCUT2D eigenvalue weighted by Crippen LogP contribution is -2.27. The highest BCUT2D eigenvalue weighted by molar-refractivity contribution is 7.88. The number of sulfonamides is 1. The Balaban J connectivity index is 2.07. The first-order chi connectivity index (χ1) is 8.97. The van der Waals surface area contributed by atoms with E-state index in [1.54, 1.807) is 11.6 Å². The SMILES string of the molecule is CN(Cc1nccs1)S(=O)(=O)Cc1ccc(F)cc1. The van der Waals surface area contributed by atoms with Gasteiger partial charge in [0.05, 0.1) is 12.3 Å². The van der Waals surface area contributed by atoms with Gasteiger partial charge in [0.2, 0.25) is 10.0 Å². The summed E-state index contributed by atoms with van der Waals surface area (Å²) in [5, 5.41) is 2.54. The van der Waals surface area contributed by atoms with Crippen LogP contribution in [0.25, 0.3) is 0 Å². The summed E-state index contributed by atoms with van der Waals surface area (Å²) in [6.45, 7) is 0.251. The molecule has 7 heteroatoms. The predicted molar refractivity (Wildman–Crippen MR) is 72.6 cm³/mol. The van der Waals surface area contributed by atoms with Crippen LogP contribution in [-0.2, 0) is 22.3 Å². The van der Waals surface area contributed by atoms with Crippen LogP contribution in [0.2, 0.25) is 0 Å². The van der Waals surface area contributed by atoms with Crippen LogP contribution in [0.3, 0.4) is 0 Å². The van der Waals surface area contributed by atoms with Gasteiger partial charge < -0.3 is 0 Å². The lowest BCUT2D eigenvalue weighted by molar-refractivity contribution is 0.465. The molecular formula is C12H13FN2O2S2. The summed E-state index contributed by atoms with van der Waals surface area (Å²) in [5.74, 6) is -0.521. The van der Waals surface area contributed by atoms with Gasteiger partial charge in [-0.1, -0.05) is 12.1 Å². The molecule has 1 aromatic heterocycles. The Morgan fingerprint density at radius 3 is 2.58 bits per heavy atom. The Labute approximate surface area is 115 Å². The first-order valence-electron chi connectivity index (χ1n) is 5.54. The number of rotatable bonds is 5. The quantitative estimate of drug-likeness (QED) is 0.851. The molecule has 0 saturated heterocycles. The molecule has 2 rings (SSSR count). The third-order valence-corrected chi connectivity index (χ3v) is 5.12. The Morgan fingerprint density at radius 2 is 2.00 bits per heavy atom. The van der Waals surface area contributed by atoms with E-state index in [2.05, 4.69) is 4.98 Å². The van der Waals surface area contributed by atoms with Crippen molar-refractivity contribution in [3.8, 4) is 0 Å². The lowest BCUT2D eigenvalue weighted by atomic mass is 10.2. The number of aromatic nitrogens is 1. The van der Waals surface area contributed by atoms with E-state index in [-0.39, 0.29) is 18.1 Å². The van der Waals surface area contributed by atoms with E-state index in [9.17, 15) is 12.8 Å². The molecule has 0 radical (unpaired) electrons. The molecule has 2 aromatic rings. The first kappa shape index (κ1) is 14.1. The van der Waals surface area contributed by atoms with E-state index >= 15 is 0 Å². The predicted octanol–water partition coefficient (Wildman–Crippen LogP) is 2.24. The highest BCUT2D eigenvalue weighted by Gasteiger charge is 2.19. The number of nitrogens with zero attached hydrogens (tertiary/aromatic N) is 2. The van der Waals surface area contributed by atoms with E-state index < -0.39 is 10.0 Å². The fourth-order valence-electron chi connectivity index (χ4n) is 1.52. The van der Waals surface area contributed by atoms with Gasteiger partial charge in [-0.15, -0.1) is 11.3 Å². The molecule has 0 bridgehead atoms. The summed E-state index contributed by atoms with van der Waals surface area (Å²) in [6.07, 6.45) is 1.64. The van der Waals surface area contributed by atoms with Crippen molar-refractivity contribution >= 4 is 21.4 Å². The fraction of sp³-hybridized carbons (Fsp3) is 0.250. The molecule has 0 amide bonds. The Morgan fingerprint density at radius 1 is 1.32 bits per heavy atom. The Kier molecular flexibility index (Phi) is 4.28. The average Bonchev–Trinajstić information content (AvgIpc) is 2.84. The Hall–Kier alpha value is -1.31. The van der Waals surface area contributed by atoms with Crippen molar-refractivity contribution in [2.45, 2.75) is 12.3 Å². The van der Waals surface area contributed by atoms with Crippen molar-refractivity contribution in [2.24, 2.45) is 0 Å². The summed E-state index contributed by atoms with van der Waals surface area (Å²) in [7, 11) is -1.91. The molecule has 0 aliphatic rings. The highest BCUT2D eigenvalue weighted by Crippen LogP contribution is 2.14. The van der Waals surface area contributed by atoms with Crippen molar-refractivity contribution in [2.75, 3.05) is 7.05 Å². The number of halogens is 1. The summed E-state index contributed by atoms with van der Waals surface area (Å²) >= 11 is 1.41. The van der Waals surface area contributed by atoms with Gasteiger partial charge in [0.25, 0.3) is 0 Å². The van der Waals surface area contributed by atoms with Gasteiger partial charge in [-0.05, 0) is 17.7 Å². The van der Waals surface area contributed by atoms with Crippen molar-refractivity contribution in [3.63, 3.8) is 0 Å². The Bertz CT molecular complexity index is 624. The van der Waals surface area contributed by atoms with Crippen LogP contribution in [0.5, 0.6) is 0 Å². The van der Waals surface area contributed by atoms with Crippen LogP contribution in [0.1, 0.15) is 10.6 Å². The topological polar surface area (TPSA) is 50.3 Å². The molecular weight excluding hydrogens is 287 g/mol. The van der Waals surface area contributed by atoms with Gasteiger partial charge in [-0.3, -0.25) is 0 Å². The number of hydrogen-bond acceptors (Lipinski definition) is 4. The number of hydrogen-bond donors (Lipinski definition) is 0. The third-order valence-electron chi connectivity index (χ3n) is 2.58. The minimum Gasteiger partial charge on any atom is -0.248 e. The van der Waals surface area contributed by atoms with E-state index in [4.69, 9.17) is 0 Å². The summed E-state index contributed by atoms with van der Waals surface area (Å²) in [4.78, 5) is 4.05. The molecule has 102 valence electrons. The van der Waals surface area contributed by atoms with Crippen LogP contribution >= 0.6 is 11.3 Å². The second-order valence-electron chi connectivity index (χ2n) is 4.06. The highest BCUT2D eigenvalue weighted by atomic mass is 32.2. The van der Waals surface area contributed by atoms with E-state index in [1.807, 2.05) is 0 Å². The summed E-state index contributed by atoms with van der Waals surface area (Å²) < 4.78 is 38.3. The smallest absolute Gasteiger partial charge is 0.218 e. The van der Waals surface area contributed by atoms with Crippen LogP contribution < -0.4 is 0 Å². The zero-order valence-electron chi connectivity index (χ0n) is 10.3. The molecule has 0 aliphatic heterocycles. The fourth-order valence-corrected chi connectivity index (χ4v) is 3.42. The zero-order chi connectivity index (χ0) is 13.9. The normalized spacial score (nSPS) is 11.9. The monoisotopic (exact) mass is 300 g/mol. The second-order valence-corrected chi connectivity index (χ2v) is 7.12. The molecule has 4 nitrogen and oxygen atoms in total. The van der Waals surface area contributed by atoms with Crippen LogP contribution in [0.4, 0.5) is 4.39 Å². The molecule has 0 N–H and O–H groups in total. The van der Waals surface area contributed by atoms with Gasteiger partial charge in [0.1, 0.15) is 10.8 Å². The molecule has 1 aromatic carbocycles. The van der Waals surface area contributed by atoms with Crippen molar-refractivity contribution in [1.82, 2.24) is 9.29 Å². The van der Waals surface area contributed by atoms with Gasteiger partial charge >= 0.3 is 0 Å². The van der Waals surface area contributed by atoms with E-state index in [1.165, 1.54) is 47.0 Å². The molecule has 1 heterocycles. The van der Waals surface area contributed by atoms with Crippen molar-refractivity contribution in [1.29, 1.82) is 0 Å². The molecule has 0 aliphatic carbocycles. The summed E-state index contributed by atoms with van der Waals surface area (Å²) in [6, 6.07) is 5.46. The van der Waals surface area contributed by atoms with E-state index in [0.29, 0.717) is 5.56 Å². The standard InChI is InChI=1S/C12H13FN2O2S2/c1-15(8-12-14-6-7-18-12)19(16,17)9-10-2-4-11(13)5-3-10/h2-7H,8-9H2,1H3. The number of thiazole rings is 1. The molecule has 0 fully saturated rings. The van der Waals surface area contributed by atoms with Gasteiger partial charge in [0, 0.05) is 18.6 Å². The van der Waals surface area contributed by atoms with Gasteiger partial charge in [0.15, 0.2) is 0 Å². The number of benzene rings is 1. The third kappa shape index (κ3) is 3.82. The van der Waals surface area contributed by atoms with Crippen LogP contribution in [-0.4, -0.2) is 24.8 Å². The summed E-state index contributed by atoms with van der Waals surface area (Å²) in [5.41, 5.74) is 0.562. The minimum absolute atomic E-state index is 0.144. The minimum atomic E-state index is -3.42. The van der Waals surface area contributed by atoms with Crippen molar-refractivity contribution in [3.05, 3.63) is 52.2 Å². The zero-order valence-corrected chi connectivity index (χ0v) is 11.9. The van der Waals surface area contributed by atoms with E-state index in [0.717, 1.165) is 5.01 Å². The molecule has 0 spiro atoms.